The summed E-state index contributed by atoms with van der Waals surface area (Å²) in [5.74, 6) is -0.968. The summed E-state index contributed by atoms with van der Waals surface area (Å²) in [5, 5.41) is 0. The molecule has 0 saturated heterocycles. The summed E-state index contributed by atoms with van der Waals surface area (Å²) < 4.78 is 16.7. The van der Waals surface area contributed by atoms with E-state index in [0.717, 1.165) is 96.3 Å². The maximum absolute atomic E-state index is 12.7. The standard InChI is InChI=1S/C51H84O6/c1-4-7-10-13-16-19-22-25-26-27-30-32-35-38-41-44-50(53)56-47-48(57-51(54)45-42-39-36-33-29-24-21-18-15-12-9-6-3)46-55-49(52)43-40-37-34-31-28-23-20-17-14-11-8-5-2/h7,10,13,16-22,25-27,30,48H,4-6,8-9,11-12,14-15,23-24,28-29,31-47H2,1-3H3/b10-7-,16-13-,20-17-,21-18-,22-19-,26-25-,30-27-. The molecule has 0 aliphatic heterocycles. The maximum atomic E-state index is 12.7. The van der Waals surface area contributed by atoms with Crippen LogP contribution in [-0.4, -0.2) is 37.2 Å². The second-order valence-electron chi connectivity index (χ2n) is 15.0. The molecule has 0 heterocycles. The molecule has 57 heavy (non-hydrogen) atoms. The number of allylic oxidation sites excluding steroid dienone is 14. The van der Waals surface area contributed by atoms with E-state index in [1.54, 1.807) is 0 Å². The maximum Gasteiger partial charge on any atom is 0.306 e. The largest absolute Gasteiger partial charge is 0.462 e. The predicted octanol–water partition coefficient (Wildman–Crippen LogP) is 14.9. The van der Waals surface area contributed by atoms with Gasteiger partial charge in [-0.2, -0.15) is 0 Å². The van der Waals surface area contributed by atoms with Gasteiger partial charge in [-0.1, -0.05) is 176 Å². The van der Waals surface area contributed by atoms with Crippen LogP contribution in [0.15, 0.2) is 85.1 Å². The van der Waals surface area contributed by atoms with Gasteiger partial charge in [-0.3, -0.25) is 14.4 Å². The van der Waals surface area contributed by atoms with Gasteiger partial charge in [0.2, 0.25) is 0 Å². The van der Waals surface area contributed by atoms with Gasteiger partial charge in [0.25, 0.3) is 0 Å². The molecule has 0 aromatic carbocycles. The lowest BCUT2D eigenvalue weighted by atomic mass is 10.1. The summed E-state index contributed by atoms with van der Waals surface area (Å²) in [7, 11) is 0. The monoisotopic (exact) mass is 793 g/mol. The molecule has 0 saturated carbocycles. The first-order valence-corrected chi connectivity index (χ1v) is 23.2. The van der Waals surface area contributed by atoms with Crippen LogP contribution < -0.4 is 0 Å². The Morgan fingerprint density at radius 2 is 0.702 bits per heavy atom. The van der Waals surface area contributed by atoms with Gasteiger partial charge in [0, 0.05) is 19.3 Å². The number of hydrogen-bond donors (Lipinski definition) is 0. The summed E-state index contributed by atoms with van der Waals surface area (Å²) >= 11 is 0. The number of rotatable bonds is 40. The van der Waals surface area contributed by atoms with E-state index in [1.165, 1.54) is 64.2 Å². The minimum atomic E-state index is -0.800. The summed E-state index contributed by atoms with van der Waals surface area (Å²) in [6, 6.07) is 0. The zero-order chi connectivity index (χ0) is 41.5. The summed E-state index contributed by atoms with van der Waals surface area (Å²) in [5.41, 5.74) is 0. The third kappa shape index (κ3) is 43.6. The van der Waals surface area contributed by atoms with Gasteiger partial charge in [-0.15, -0.1) is 0 Å². The van der Waals surface area contributed by atoms with Gasteiger partial charge in [-0.05, 0) is 89.9 Å². The lowest BCUT2D eigenvalue weighted by Crippen LogP contribution is -2.30. The van der Waals surface area contributed by atoms with E-state index in [9.17, 15) is 14.4 Å². The molecule has 0 fully saturated rings. The Bertz CT molecular complexity index is 1140. The van der Waals surface area contributed by atoms with Gasteiger partial charge in [0.1, 0.15) is 13.2 Å². The average molecular weight is 793 g/mol. The zero-order valence-corrected chi connectivity index (χ0v) is 36.8. The number of carbonyl (C=O) groups excluding carboxylic acids is 3. The number of esters is 3. The molecule has 0 N–H and O–H groups in total. The Balaban J connectivity index is 4.50. The van der Waals surface area contributed by atoms with Crippen LogP contribution in [-0.2, 0) is 28.6 Å². The number of unbranched alkanes of at least 4 members (excludes halogenated alkanes) is 19. The first-order chi connectivity index (χ1) is 28.0. The van der Waals surface area contributed by atoms with Gasteiger partial charge in [-0.25, -0.2) is 0 Å². The molecule has 0 aliphatic carbocycles. The Hall–Kier alpha value is -3.41. The highest BCUT2D eigenvalue weighted by molar-refractivity contribution is 5.71. The summed E-state index contributed by atoms with van der Waals surface area (Å²) in [6.45, 7) is 6.37. The molecular weight excluding hydrogens is 709 g/mol. The number of hydrogen-bond acceptors (Lipinski definition) is 6. The van der Waals surface area contributed by atoms with Crippen LogP contribution in [0.4, 0.5) is 0 Å². The third-order valence-corrected chi connectivity index (χ3v) is 9.48. The van der Waals surface area contributed by atoms with Gasteiger partial charge in [0.05, 0.1) is 0 Å². The second-order valence-corrected chi connectivity index (χ2v) is 15.0. The Morgan fingerprint density at radius 1 is 0.368 bits per heavy atom. The van der Waals surface area contributed by atoms with Gasteiger partial charge in [0.15, 0.2) is 6.10 Å². The van der Waals surface area contributed by atoms with Crippen molar-refractivity contribution in [2.24, 2.45) is 0 Å². The van der Waals surface area contributed by atoms with Gasteiger partial charge < -0.3 is 14.2 Å². The molecule has 1 atom stereocenters. The fraction of sp³-hybridized carbons (Fsp3) is 0.667. The molecule has 1 unspecified atom stereocenters. The Morgan fingerprint density at radius 3 is 1.14 bits per heavy atom. The molecule has 0 aromatic rings. The molecule has 6 nitrogen and oxygen atoms in total. The van der Waals surface area contributed by atoms with Crippen LogP contribution in [0.2, 0.25) is 0 Å². The minimum absolute atomic E-state index is 0.0992. The van der Waals surface area contributed by atoms with E-state index >= 15 is 0 Å². The van der Waals surface area contributed by atoms with Crippen molar-refractivity contribution in [1.29, 1.82) is 0 Å². The molecule has 0 rings (SSSR count). The van der Waals surface area contributed by atoms with Crippen molar-refractivity contribution >= 4 is 17.9 Å². The molecule has 0 bridgehead atoms. The smallest absolute Gasteiger partial charge is 0.306 e. The lowest BCUT2D eigenvalue weighted by molar-refractivity contribution is -0.167. The summed E-state index contributed by atoms with van der Waals surface area (Å²) in [4.78, 5) is 37.8. The van der Waals surface area contributed by atoms with Crippen LogP contribution in [0, 0.1) is 0 Å². The Kier molecular flexibility index (Phi) is 42.6. The Labute approximate surface area is 350 Å². The average Bonchev–Trinajstić information content (AvgIpc) is 3.21. The van der Waals surface area contributed by atoms with Crippen molar-refractivity contribution in [2.45, 2.75) is 207 Å². The van der Waals surface area contributed by atoms with E-state index in [2.05, 4.69) is 57.2 Å². The molecule has 0 radical (unpaired) electrons. The van der Waals surface area contributed by atoms with Crippen LogP contribution in [0.1, 0.15) is 201 Å². The third-order valence-electron chi connectivity index (χ3n) is 9.48. The van der Waals surface area contributed by atoms with Gasteiger partial charge >= 0.3 is 17.9 Å². The van der Waals surface area contributed by atoms with Crippen LogP contribution >= 0.6 is 0 Å². The molecule has 0 amide bonds. The van der Waals surface area contributed by atoms with Crippen LogP contribution in [0.5, 0.6) is 0 Å². The fourth-order valence-corrected chi connectivity index (χ4v) is 5.98. The zero-order valence-electron chi connectivity index (χ0n) is 36.8. The lowest BCUT2D eigenvalue weighted by Gasteiger charge is -2.18. The number of carbonyl (C=O) groups is 3. The van der Waals surface area contributed by atoms with E-state index in [4.69, 9.17) is 14.2 Å². The van der Waals surface area contributed by atoms with Crippen LogP contribution in [0.25, 0.3) is 0 Å². The molecule has 0 spiro atoms. The van der Waals surface area contributed by atoms with E-state index in [1.807, 2.05) is 48.6 Å². The first kappa shape index (κ1) is 53.6. The molecule has 0 aliphatic rings. The topological polar surface area (TPSA) is 78.9 Å². The fourth-order valence-electron chi connectivity index (χ4n) is 5.98. The molecule has 0 aromatic heterocycles. The molecule has 6 heteroatoms. The van der Waals surface area contributed by atoms with Crippen LogP contribution in [0.3, 0.4) is 0 Å². The van der Waals surface area contributed by atoms with E-state index in [-0.39, 0.29) is 31.1 Å². The second kappa shape index (κ2) is 45.3. The molecular formula is C51H84O6. The van der Waals surface area contributed by atoms with Crippen molar-refractivity contribution < 1.29 is 28.6 Å². The highest BCUT2D eigenvalue weighted by Crippen LogP contribution is 2.13. The van der Waals surface area contributed by atoms with Crippen molar-refractivity contribution in [2.75, 3.05) is 13.2 Å². The predicted molar refractivity (Wildman–Crippen MR) is 242 cm³/mol. The van der Waals surface area contributed by atoms with E-state index in [0.29, 0.717) is 19.3 Å². The van der Waals surface area contributed by atoms with E-state index < -0.39 is 6.10 Å². The van der Waals surface area contributed by atoms with Crippen molar-refractivity contribution in [3.05, 3.63) is 85.1 Å². The highest BCUT2D eigenvalue weighted by Gasteiger charge is 2.19. The van der Waals surface area contributed by atoms with Crippen molar-refractivity contribution in [3.63, 3.8) is 0 Å². The highest BCUT2D eigenvalue weighted by atomic mass is 16.6. The SMILES string of the molecule is CC\C=C/C=C\C=C/C=C\C=C/CCCCCC(=O)OCC(COC(=O)CCCCCCC/C=C\CCCCC)OC(=O)CCCCCCC/C=C\CCCCC. The number of ether oxygens (including phenoxy) is 3. The summed E-state index contributed by atoms with van der Waals surface area (Å²) in [6.07, 6.45) is 57.0. The quantitative estimate of drug-likeness (QED) is 0.0202. The first-order valence-electron chi connectivity index (χ1n) is 23.2. The van der Waals surface area contributed by atoms with Crippen molar-refractivity contribution in [1.82, 2.24) is 0 Å². The minimum Gasteiger partial charge on any atom is -0.462 e. The normalized spacial score (nSPS) is 12.8. The molecule has 324 valence electrons. The van der Waals surface area contributed by atoms with Crippen molar-refractivity contribution in [3.8, 4) is 0 Å².